The summed E-state index contributed by atoms with van der Waals surface area (Å²) in [6.07, 6.45) is 3.08. The van der Waals surface area contributed by atoms with Gasteiger partial charge in [0.1, 0.15) is 4.21 Å². The minimum Gasteiger partial charge on any atom is -0.398 e. The molecule has 0 atom stereocenters. The predicted octanol–water partition coefficient (Wildman–Crippen LogP) is 2.14. The van der Waals surface area contributed by atoms with E-state index in [1.807, 2.05) is 0 Å². The molecule has 96 valence electrons. The number of hydrogen-bond donors (Lipinski definition) is 1. The summed E-state index contributed by atoms with van der Waals surface area (Å²) < 4.78 is 26.5. The van der Waals surface area contributed by atoms with Crippen molar-refractivity contribution in [3.8, 4) is 0 Å². The van der Waals surface area contributed by atoms with Gasteiger partial charge in [-0.25, -0.2) is 8.42 Å². The lowest BCUT2D eigenvalue weighted by Crippen LogP contribution is -2.37. The summed E-state index contributed by atoms with van der Waals surface area (Å²) in [6, 6.07) is 1.55. The van der Waals surface area contributed by atoms with Crippen LogP contribution < -0.4 is 5.73 Å². The van der Waals surface area contributed by atoms with Crippen LogP contribution in [0.5, 0.6) is 0 Å². The second kappa shape index (κ2) is 4.96. The fourth-order valence-corrected chi connectivity index (χ4v) is 4.85. The zero-order valence-corrected chi connectivity index (χ0v) is 11.6. The summed E-state index contributed by atoms with van der Waals surface area (Å²) in [6.45, 7) is 3.44. The molecule has 17 heavy (non-hydrogen) atoms. The molecule has 1 aromatic rings. The Labute approximate surface area is 106 Å². The molecular weight excluding hydrogens is 256 g/mol. The van der Waals surface area contributed by atoms with Crippen molar-refractivity contribution in [3.63, 3.8) is 0 Å². The number of nitrogens with zero attached hydrogens (tertiary/aromatic N) is 1. The zero-order chi connectivity index (χ0) is 12.5. The molecule has 0 spiro atoms. The third kappa shape index (κ3) is 2.64. The summed E-state index contributed by atoms with van der Waals surface area (Å²) in [7, 11) is -3.30. The Balaban J connectivity index is 2.12. The molecule has 2 N–H and O–H groups in total. The fourth-order valence-electron chi connectivity index (χ4n) is 2.15. The molecule has 1 saturated heterocycles. The second-order valence-corrected chi connectivity index (χ2v) is 7.53. The molecule has 0 amide bonds. The highest BCUT2D eigenvalue weighted by Crippen LogP contribution is 2.29. The van der Waals surface area contributed by atoms with E-state index in [2.05, 4.69) is 6.92 Å². The fraction of sp³-hybridized carbons (Fsp3) is 0.636. The lowest BCUT2D eigenvalue weighted by molar-refractivity contribution is 0.269. The van der Waals surface area contributed by atoms with E-state index in [0.29, 0.717) is 28.9 Å². The monoisotopic (exact) mass is 274 g/mol. The Morgan fingerprint density at radius 2 is 2.12 bits per heavy atom. The highest BCUT2D eigenvalue weighted by molar-refractivity contribution is 7.91. The van der Waals surface area contributed by atoms with Crippen molar-refractivity contribution >= 4 is 27.0 Å². The Kier molecular flexibility index (Phi) is 3.75. The van der Waals surface area contributed by atoms with Gasteiger partial charge in [-0.3, -0.25) is 0 Å². The van der Waals surface area contributed by atoms with E-state index in [-0.39, 0.29) is 0 Å². The molecule has 2 rings (SSSR count). The molecule has 0 radical (unpaired) electrons. The highest BCUT2D eigenvalue weighted by atomic mass is 32.2. The van der Waals surface area contributed by atoms with Gasteiger partial charge in [-0.15, -0.1) is 11.3 Å². The number of anilines is 1. The van der Waals surface area contributed by atoms with Crippen molar-refractivity contribution in [2.75, 3.05) is 18.8 Å². The topological polar surface area (TPSA) is 63.4 Å². The van der Waals surface area contributed by atoms with Gasteiger partial charge in [0.2, 0.25) is 0 Å². The molecular formula is C11H18N2O2S2. The lowest BCUT2D eigenvalue weighted by Gasteiger charge is -2.30. The van der Waals surface area contributed by atoms with Gasteiger partial charge in [-0.05, 0) is 24.8 Å². The van der Waals surface area contributed by atoms with E-state index < -0.39 is 10.0 Å². The van der Waals surface area contributed by atoms with Crippen LogP contribution in [0.3, 0.4) is 0 Å². The molecule has 1 aromatic heterocycles. The van der Waals surface area contributed by atoms with Crippen LogP contribution in [0, 0.1) is 5.92 Å². The summed E-state index contributed by atoms with van der Waals surface area (Å²) in [5.41, 5.74) is 6.10. The SMILES string of the molecule is CCC1CCN(S(=O)(=O)c2cc(N)cs2)CC1. The number of nitrogen functional groups attached to an aromatic ring is 1. The van der Waals surface area contributed by atoms with Gasteiger partial charge < -0.3 is 5.73 Å². The molecule has 1 fully saturated rings. The molecule has 0 aromatic carbocycles. The van der Waals surface area contributed by atoms with Crippen molar-refractivity contribution in [2.24, 2.45) is 5.92 Å². The number of rotatable bonds is 3. The first-order valence-corrected chi connectivity index (χ1v) is 8.20. The van der Waals surface area contributed by atoms with E-state index in [1.165, 1.54) is 11.3 Å². The first-order chi connectivity index (χ1) is 8.04. The zero-order valence-electron chi connectivity index (χ0n) is 9.93. The molecule has 0 bridgehead atoms. The van der Waals surface area contributed by atoms with Gasteiger partial charge in [-0.2, -0.15) is 4.31 Å². The lowest BCUT2D eigenvalue weighted by atomic mass is 9.96. The maximum absolute atomic E-state index is 12.3. The summed E-state index contributed by atoms with van der Waals surface area (Å²) in [4.78, 5) is 0. The molecule has 1 aliphatic rings. The number of thiophene rings is 1. The maximum atomic E-state index is 12.3. The van der Waals surface area contributed by atoms with E-state index in [4.69, 9.17) is 5.73 Å². The van der Waals surface area contributed by atoms with E-state index >= 15 is 0 Å². The molecule has 0 saturated carbocycles. The molecule has 0 aliphatic carbocycles. The average molecular weight is 274 g/mol. The quantitative estimate of drug-likeness (QED) is 0.918. The van der Waals surface area contributed by atoms with Crippen LogP contribution in [0.15, 0.2) is 15.7 Å². The molecule has 2 heterocycles. The van der Waals surface area contributed by atoms with Crippen LogP contribution in [-0.2, 0) is 10.0 Å². The summed E-state index contributed by atoms with van der Waals surface area (Å²) in [5.74, 6) is 0.676. The van der Waals surface area contributed by atoms with Crippen LogP contribution in [0.4, 0.5) is 5.69 Å². The van der Waals surface area contributed by atoms with Crippen molar-refractivity contribution in [1.29, 1.82) is 0 Å². The summed E-state index contributed by atoms with van der Waals surface area (Å²) in [5, 5.41) is 1.67. The van der Waals surface area contributed by atoms with Crippen molar-refractivity contribution in [3.05, 3.63) is 11.4 Å². The third-order valence-electron chi connectivity index (χ3n) is 3.34. The van der Waals surface area contributed by atoms with Crippen LogP contribution in [0.2, 0.25) is 0 Å². The van der Waals surface area contributed by atoms with Crippen LogP contribution in [-0.4, -0.2) is 25.8 Å². The number of nitrogens with two attached hydrogens (primary N) is 1. The Hall–Kier alpha value is -0.590. The van der Waals surface area contributed by atoms with Crippen LogP contribution >= 0.6 is 11.3 Å². The first-order valence-electron chi connectivity index (χ1n) is 5.88. The predicted molar refractivity (Wildman–Crippen MR) is 70.5 cm³/mol. The Morgan fingerprint density at radius 1 is 1.47 bits per heavy atom. The molecule has 4 nitrogen and oxygen atoms in total. The standard InChI is InChI=1S/C11H18N2O2S2/c1-2-9-3-5-13(6-4-9)17(14,15)11-7-10(12)8-16-11/h7-9H,2-6,12H2,1H3. The van der Waals surface area contributed by atoms with Gasteiger partial charge in [0.05, 0.1) is 0 Å². The Bertz CT molecular complexity index is 473. The van der Waals surface area contributed by atoms with Crippen LogP contribution in [0.25, 0.3) is 0 Å². The van der Waals surface area contributed by atoms with Gasteiger partial charge >= 0.3 is 0 Å². The molecule has 6 heteroatoms. The number of piperidine rings is 1. The van der Waals surface area contributed by atoms with E-state index in [9.17, 15) is 8.42 Å². The van der Waals surface area contributed by atoms with Crippen molar-refractivity contribution < 1.29 is 8.42 Å². The normalized spacial score (nSPS) is 19.6. The smallest absolute Gasteiger partial charge is 0.252 e. The Morgan fingerprint density at radius 3 is 2.59 bits per heavy atom. The number of sulfonamides is 1. The van der Waals surface area contributed by atoms with Crippen LogP contribution in [0.1, 0.15) is 26.2 Å². The minimum absolute atomic E-state index is 0.366. The first kappa shape index (κ1) is 12.9. The third-order valence-corrected chi connectivity index (χ3v) is 6.67. The largest absolute Gasteiger partial charge is 0.398 e. The molecule has 0 unspecified atom stereocenters. The second-order valence-electron chi connectivity index (χ2n) is 4.45. The van der Waals surface area contributed by atoms with E-state index in [1.54, 1.807) is 15.8 Å². The minimum atomic E-state index is -3.30. The average Bonchev–Trinajstić information content (AvgIpc) is 2.77. The van der Waals surface area contributed by atoms with Crippen molar-refractivity contribution in [2.45, 2.75) is 30.4 Å². The van der Waals surface area contributed by atoms with Gasteiger partial charge in [0.25, 0.3) is 10.0 Å². The van der Waals surface area contributed by atoms with Gasteiger partial charge in [-0.1, -0.05) is 13.3 Å². The molecule has 1 aliphatic heterocycles. The number of hydrogen-bond acceptors (Lipinski definition) is 4. The van der Waals surface area contributed by atoms with Gasteiger partial charge in [0.15, 0.2) is 0 Å². The summed E-state index contributed by atoms with van der Waals surface area (Å²) >= 11 is 1.20. The maximum Gasteiger partial charge on any atom is 0.252 e. The van der Waals surface area contributed by atoms with E-state index in [0.717, 1.165) is 19.3 Å². The van der Waals surface area contributed by atoms with Gasteiger partial charge in [0, 0.05) is 24.2 Å². The highest BCUT2D eigenvalue weighted by Gasteiger charge is 2.29. The van der Waals surface area contributed by atoms with Crippen molar-refractivity contribution in [1.82, 2.24) is 4.31 Å².